The summed E-state index contributed by atoms with van der Waals surface area (Å²) in [7, 11) is 0. The van der Waals surface area contributed by atoms with Gasteiger partial charge in [-0.3, -0.25) is 4.79 Å². The number of nitrogens with zero attached hydrogens (tertiary/aromatic N) is 1. The van der Waals surface area contributed by atoms with E-state index in [2.05, 4.69) is 4.99 Å². The zero-order valence-corrected chi connectivity index (χ0v) is 13.6. The first-order chi connectivity index (χ1) is 11.8. The Labute approximate surface area is 144 Å². The molecule has 6 heteroatoms. The van der Waals surface area contributed by atoms with E-state index in [1.54, 1.807) is 42.5 Å². The van der Waals surface area contributed by atoms with Gasteiger partial charge in [-0.25, -0.2) is 4.39 Å². The van der Waals surface area contributed by atoms with Crippen LogP contribution in [0.4, 0.5) is 4.39 Å². The number of carbonyl (C=O) groups is 1. The van der Waals surface area contributed by atoms with Gasteiger partial charge in [-0.05, 0) is 41.0 Å². The number of alkyl halides is 1. The van der Waals surface area contributed by atoms with Crippen LogP contribution in [-0.2, 0) is 0 Å². The van der Waals surface area contributed by atoms with Crippen molar-refractivity contribution < 1.29 is 14.3 Å². The smallest absolute Gasteiger partial charge is 0.280 e. The van der Waals surface area contributed by atoms with E-state index in [4.69, 9.17) is 11.5 Å². The van der Waals surface area contributed by atoms with Gasteiger partial charge in [0.05, 0.1) is 0 Å². The minimum absolute atomic E-state index is 0.294. The van der Waals surface area contributed by atoms with Crippen molar-refractivity contribution in [2.45, 2.75) is 18.7 Å². The summed E-state index contributed by atoms with van der Waals surface area (Å²) < 4.78 is 14.8. The van der Waals surface area contributed by atoms with Crippen LogP contribution in [0.25, 0.3) is 16.3 Å². The lowest BCUT2D eigenvalue weighted by Gasteiger charge is -2.29. The Balaban J connectivity index is 2.16. The first-order valence-electron chi connectivity index (χ1n) is 7.72. The van der Waals surface area contributed by atoms with Crippen LogP contribution >= 0.6 is 0 Å². The molecule has 0 heterocycles. The molecule has 5 nitrogen and oxygen atoms in total. The summed E-state index contributed by atoms with van der Waals surface area (Å²) in [4.78, 5) is 15.6. The third-order valence-corrected chi connectivity index (χ3v) is 4.17. The largest absolute Gasteiger partial charge is 0.383 e. The summed E-state index contributed by atoms with van der Waals surface area (Å²) in [5.74, 6) is -0.892. The number of allylic oxidation sites excluding steroid dienone is 2. The maximum atomic E-state index is 14.8. The highest BCUT2D eigenvalue weighted by atomic mass is 19.1. The third-order valence-electron chi connectivity index (χ3n) is 4.17. The van der Waals surface area contributed by atoms with Crippen LogP contribution in [0.3, 0.4) is 0 Å². The number of aliphatic hydroxyl groups is 1. The number of fused-ring (bicyclic) bond motifs is 1. The van der Waals surface area contributed by atoms with Crippen molar-refractivity contribution in [1.29, 1.82) is 0 Å². The van der Waals surface area contributed by atoms with Crippen molar-refractivity contribution in [1.82, 2.24) is 0 Å². The second-order valence-electron chi connectivity index (χ2n) is 6.15. The average Bonchev–Trinajstić information content (AvgIpc) is 2.56. The Morgan fingerprint density at radius 2 is 2.04 bits per heavy atom. The van der Waals surface area contributed by atoms with Gasteiger partial charge in [0.2, 0.25) is 0 Å². The van der Waals surface area contributed by atoms with E-state index >= 15 is 0 Å². The van der Waals surface area contributed by atoms with Crippen molar-refractivity contribution in [3.63, 3.8) is 0 Å². The zero-order valence-electron chi connectivity index (χ0n) is 13.6. The molecule has 128 valence electrons. The maximum absolute atomic E-state index is 14.8. The first kappa shape index (κ1) is 16.9. The Morgan fingerprint density at radius 3 is 2.76 bits per heavy atom. The second-order valence-corrected chi connectivity index (χ2v) is 6.15. The third kappa shape index (κ3) is 3.16. The fourth-order valence-electron chi connectivity index (χ4n) is 2.90. The van der Waals surface area contributed by atoms with Gasteiger partial charge in [0.25, 0.3) is 5.91 Å². The number of hydrogen-bond donors (Lipinski definition) is 3. The monoisotopic (exact) mass is 339 g/mol. The van der Waals surface area contributed by atoms with Crippen LogP contribution in [0.1, 0.15) is 22.8 Å². The van der Waals surface area contributed by atoms with Crippen molar-refractivity contribution in [2.24, 2.45) is 16.5 Å². The maximum Gasteiger partial charge on any atom is 0.280 e. The molecular weight excluding hydrogens is 321 g/mol. The molecule has 2 atom stereocenters. The zero-order chi connectivity index (χ0) is 18.2. The van der Waals surface area contributed by atoms with Crippen molar-refractivity contribution in [3.05, 3.63) is 65.8 Å². The number of carbonyl (C=O) groups excluding carboxylic acids is 1. The molecule has 2 aromatic carbocycles. The number of halogens is 1. The van der Waals surface area contributed by atoms with Crippen LogP contribution in [-0.4, -0.2) is 28.7 Å². The summed E-state index contributed by atoms with van der Waals surface area (Å²) in [6.07, 6.45) is 3.08. The quantitative estimate of drug-likeness (QED) is 0.577. The van der Waals surface area contributed by atoms with E-state index < -0.39 is 17.7 Å². The highest BCUT2D eigenvalue weighted by molar-refractivity contribution is 6.05. The number of amides is 1. The van der Waals surface area contributed by atoms with E-state index in [1.165, 1.54) is 13.0 Å². The lowest BCUT2D eigenvalue weighted by molar-refractivity contribution is 0.0492. The molecule has 0 spiro atoms. The Morgan fingerprint density at radius 1 is 1.28 bits per heavy atom. The van der Waals surface area contributed by atoms with Crippen molar-refractivity contribution >= 4 is 28.2 Å². The number of guanidine groups is 1. The van der Waals surface area contributed by atoms with E-state index in [0.29, 0.717) is 22.1 Å². The number of benzene rings is 2. The lowest BCUT2D eigenvalue weighted by Crippen LogP contribution is -2.36. The predicted molar refractivity (Wildman–Crippen MR) is 96.7 cm³/mol. The van der Waals surface area contributed by atoms with Gasteiger partial charge in [-0.2, -0.15) is 4.99 Å². The van der Waals surface area contributed by atoms with E-state index in [1.807, 2.05) is 6.07 Å². The van der Waals surface area contributed by atoms with E-state index in [9.17, 15) is 14.3 Å². The average molecular weight is 339 g/mol. The van der Waals surface area contributed by atoms with Crippen LogP contribution in [0, 0.1) is 0 Å². The molecule has 1 amide bonds. The summed E-state index contributed by atoms with van der Waals surface area (Å²) >= 11 is 0. The van der Waals surface area contributed by atoms with Gasteiger partial charge >= 0.3 is 0 Å². The Hall–Kier alpha value is -2.99. The van der Waals surface area contributed by atoms with Crippen LogP contribution in [0.15, 0.2) is 59.6 Å². The molecule has 2 aromatic rings. The highest BCUT2D eigenvalue weighted by Gasteiger charge is 2.35. The number of aliphatic imine (C=N–C) groups is 1. The number of nitrogens with two attached hydrogens (primary N) is 2. The minimum Gasteiger partial charge on any atom is -0.383 e. The van der Waals surface area contributed by atoms with Crippen molar-refractivity contribution in [2.75, 3.05) is 0 Å². The molecule has 0 fully saturated rings. The van der Waals surface area contributed by atoms with Crippen molar-refractivity contribution in [3.8, 4) is 0 Å². The van der Waals surface area contributed by atoms with E-state index in [-0.39, 0.29) is 5.96 Å². The normalized spacial score (nSPS) is 22.5. The molecule has 0 radical (unpaired) electrons. The molecule has 0 saturated heterocycles. The molecule has 0 aromatic heterocycles. The SMILES string of the molecule is CC1(O)C=CC=C(c2cccc3ccc(C(=O)N=C(N)N)cc23)C1F. The topological polar surface area (TPSA) is 102 Å². The summed E-state index contributed by atoms with van der Waals surface area (Å²) in [5, 5.41) is 11.7. The van der Waals surface area contributed by atoms with E-state index in [0.717, 1.165) is 5.39 Å². The molecule has 25 heavy (non-hydrogen) atoms. The van der Waals surface area contributed by atoms with Gasteiger partial charge < -0.3 is 16.6 Å². The summed E-state index contributed by atoms with van der Waals surface area (Å²) in [6.45, 7) is 1.42. The lowest BCUT2D eigenvalue weighted by atomic mass is 9.84. The fourth-order valence-corrected chi connectivity index (χ4v) is 2.90. The second kappa shape index (κ2) is 6.14. The standard InChI is InChI=1S/C19H18FN3O2/c1-19(25)9-3-6-14(16(19)20)13-5-2-4-11-7-8-12(10-15(11)13)17(24)23-18(21)22/h2-10,16,25H,1H3,(H4,21,22,23,24). The predicted octanol–water partition coefficient (Wildman–Crippen LogP) is 2.30. The molecule has 0 bridgehead atoms. The first-order valence-corrected chi connectivity index (χ1v) is 7.72. The molecule has 0 saturated carbocycles. The summed E-state index contributed by atoms with van der Waals surface area (Å²) in [5.41, 5.74) is 10.2. The number of hydrogen-bond acceptors (Lipinski definition) is 2. The highest BCUT2D eigenvalue weighted by Crippen LogP contribution is 2.36. The number of rotatable bonds is 2. The molecule has 5 N–H and O–H groups in total. The molecular formula is C19H18FN3O2. The fraction of sp³-hybridized carbons (Fsp3) is 0.158. The minimum atomic E-state index is -1.59. The van der Waals surface area contributed by atoms with Gasteiger partial charge in [-0.15, -0.1) is 0 Å². The van der Waals surface area contributed by atoms with Crippen LogP contribution in [0.2, 0.25) is 0 Å². The molecule has 1 aliphatic carbocycles. The van der Waals surface area contributed by atoms with Crippen LogP contribution < -0.4 is 11.5 Å². The van der Waals surface area contributed by atoms with Gasteiger partial charge in [0.1, 0.15) is 5.60 Å². The molecule has 0 aliphatic heterocycles. The Kier molecular flexibility index (Phi) is 4.14. The van der Waals surface area contributed by atoms with Gasteiger partial charge in [0, 0.05) is 5.56 Å². The van der Waals surface area contributed by atoms with Gasteiger partial charge in [-0.1, -0.05) is 42.5 Å². The molecule has 1 aliphatic rings. The van der Waals surface area contributed by atoms with Gasteiger partial charge in [0.15, 0.2) is 12.1 Å². The summed E-state index contributed by atoms with van der Waals surface area (Å²) in [6, 6.07) is 10.4. The molecule has 2 unspecified atom stereocenters. The Bertz CT molecular complexity index is 941. The molecule has 3 rings (SSSR count). The van der Waals surface area contributed by atoms with Crippen LogP contribution in [0.5, 0.6) is 0 Å².